The predicted octanol–water partition coefficient (Wildman–Crippen LogP) is 1.10. The fraction of sp³-hybridized carbons (Fsp3) is 1.00. The van der Waals surface area contributed by atoms with Crippen molar-refractivity contribution < 1.29 is 0 Å². The molecule has 2 fully saturated rings. The first kappa shape index (κ1) is 16.2. The van der Waals surface area contributed by atoms with Gasteiger partial charge in [0.1, 0.15) is 0 Å². The quantitative estimate of drug-likeness (QED) is 0.725. The second-order valence-corrected chi connectivity index (χ2v) is 7.23. The summed E-state index contributed by atoms with van der Waals surface area (Å²) in [6.07, 6.45) is 1.76. The number of nitrogens with one attached hydrogen (secondary N) is 3. The van der Waals surface area contributed by atoms with Crippen LogP contribution in [0.5, 0.6) is 0 Å². The summed E-state index contributed by atoms with van der Waals surface area (Å²) in [5.41, 5.74) is 0. The Hall–Kier alpha value is -0.160. The number of hydrogen-bond acceptors (Lipinski definition) is 4. The fourth-order valence-electron chi connectivity index (χ4n) is 3.30. The number of hydrogen-bond donors (Lipinski definition) is 3. The minimum atomic E-state index is 0.540. The van der Waals surface area contributed by atoms with E-state index in [1.807, 2.05) is 0 Å². The standard InChI is InChI=1S/C16H34N4/c1-12(2)14-9-18-7-8-20(11-14)16-5-6-17-10-15(19-16)13(3)4/h12-19H,5-11H2,1-4H3. The molecule has 0 amide bonds. The van der Waals surface area contributed by atoms with Gasteiger partial charge in [-0.05, 0) is 37.3 Å². The van der Waals surface area contributed by atoms with Crippen molar-refractivity contribution in [3.05, 3.63) is 0 Å². The largest absolute Gasteiger partial charge is 0.315 e. The Morgan fingerprint density at radius 3 is 2.40 bits per heavy atom. The summed E-state index contributed by atoms with van der Waals surface area (Å²) in [4.78, 5) is 2.69. The lowest BCUT2D eigenvalue weighted by molar-refractivity contribution is 0.127. The van der Waals surface area contributed by atoms with Gasteiger partial charge in [-0.2, -0.15) is 0 Å². The summed E-state index contributed by atoms with van der Waals surface area (Å²) < 4.78 is 0. The van der Waals surface area contributed by atoms with Crippen LogP contribution in [0, 0.1) is 17.8 Å². The molecule has 2 saturated heterocycles. The highest BCUT2D eigenvalue weighted by Crippen LogP contribution is 2.17. The molecule has 2 aliphatic heterocycles. The van der Waals surface area contributed by atoms with Crippen molar-refractivity contribution in [1.29, 1.82) is 0 Å². The van der Waals surface area contributed by atoms with E-state index in [-0.39, 0.29) is 0 Å². The highest BCUT2D eigenvalue weighted by atomic mass is 15.3. The molecule has 0 aromatic heterocycles. The third-order valence-corrected chi connectivity index (χ3v) is 5.00. The maximum absolute atomic E-state index is 3.91. The zero-order valence-electron chi connectivity index (χ0n) is 13.8. The molecule has 4 nitrogen and oxygen atoms in total. The summed E-state index contributed by atoms with van der Waals surface area (Å²) in [6, 6.07) is 0.594. The van der Waals surface area contributed by atoms with Crippen LogP contribution in [0.2, 0.25) is 0 Å². The van der Waals surface area contributed by atoms with Gasteiger partial charge >= 0.3 is 0 Å². The Bertz CT molecular complexity index is 252. The van der Waals surface area contributed by atoms with Crippen LogP contribution in [0.3, 0.4) is 0 Å². The Morgan fingerprint density at radius 1 is 0.950 bits per heavy atom. The van der Waals surface area contributed by atoms with Crippen molar-refractivity contribution >= 4 is 0 Å². The monoisotopic (exact) mass is 282 g/mol. The third kappa shape index (κ3) is 4.42. The average Bonchev–Trinajstić information content (AvgIpc) is 2.79. The lowest BCUT2D eigenvalue weighted by atomic mass is 9.95. The van der Waals surface area contributed by atoms with Crippen molar-refractivity contribution in [2.75, 3.05) is 39.3 Å². The molecule has 3 N–H and O–H groups in total. The molecule has 0 aliphatic carbocycles. The Kier molecular flexibility index (Phi) is 6.27. The molecule has 0 bridgehead atoms. The molecular formula is C16H34N4. The zero-order chi connectivity index (χ0) is 14.5. The third-order valence-electron chi connectivity index (χ3n) is 5.00. The van der Waals surface area contributed by atoms with E-state index in [0.717, 1.165) is 31.5 Å². The molecule has 0 aromatic carbocycles. The first-order valence-corrected chi connectivity index (χ1v) is 8.49. The molecule has 2 rings (SSSR count). The summed E-state index contributed by atoms with van der Waals surface area (Å²) >= 11 is 0. The highest BCUT2D eigenvalue weighted by Gasteiger charge is 2.29. The van der Waals surface area contributed by atoms with E-state index in [0.29, 0.717) is 18.1 Å². The minimum absolute atomic E-state index is 0.540. The first-order chi connectivity index (χ1) is 9.58. The molecule has 118 valence electrons. The lowest BCUT2D eigenvalue weighted by Crippen LogP contribution is -2.53. The van der Waals surface area contributed by atoms with Crippen LogP contribution in [-0.2, 0) is 0 Å². The van der Waals surface area contributed by atoms with Crippen LogP contribution in [0.15, 0.2) is 0 Å². The average molecular weight is 282 g/mol. The molecule has 3 unspecified atom stereocenters. The van der Waals surface area contributed by atoms with Gasteiger partial charge in [-0.3, -0.25) is 10.2 Å². The van der Waals surface area contributed by atoms with Crippen LogP contribution in [0.1, 0.15) is 34.1 Å². The van der Waals surface area contributed by atoms with Gasteiger partial charge in [-0.15, -0.1) is 0 Å². The lowest BCUT2D eigenvalue weighted by Gasteiger charge is -2.35. The fourth-order valence-corrected chi connectivity index (χ4v) is 3.30. The van der Waals surface area contributed by atoms with Gasteiger partial charge in [-0.1, -0.05) is 27.7 Å². The van der Waals surface area contributed by atoms with Crippen LogP contribution < -0.4 is 16.0 Å². The van der Waals surface area contributed by atoms with E-state index < -0.39 is 0 Å². The first-order valence-electron chi connectivity index (χ1n) is 8.49. The van der Waals surface area contributed by atoms with Crippen LogP contribution in [0.4, 0.5) is 0 Å². The highest BCUT2D eigenvalue weighted by molar-refractivity contribution is 4.86. The van der Waals surface area contributed by atoms with Gasteiger partial charge in [0.2, 0.25) is 0 Å². The molecule has 4 heteroatoms. The molecule has 2 heterocycles. The number of nitrogens with zero attached hydrogens (tertiary/aromatic N) is 1. The van der Waals surface area contributed by atoms with Crippen molar-refractivity contribution in [3.63, 3.8) is 0 Å². The van der Waals surface area contributed by atoms with Gasteiger partial charge in [0.05, 0.1) is 6.17 Å². The normalized spacial score (nSPS) is 34.2. The van der Waals surface area contributed by atoms with E-state index in [9.17, 15) is 0 Å². The van der Waals surface area contributed by atoms with Crippen molar-refractivity contribution in [2.24, 2.45) is 17.8 Å². The van der Waals surface area contributed by atoms with E-state index in [1.54, 1.807) is 0 Å². The smallest absolute Gasteiger partial charge is 0.0612 e. The Morgan fingerprint density at radius 2 is 1.70 bits per heavy atom. The predicted molar refractivity (Wildman–Crippen MR) is 85.8 cm³/mol. The Labute approximate surface area is 125 Å². The summed E-state index contributed by atoms with van der Waals surface area (Å²) in [5.74, 6) is 2.22. The molecule has 3 atom stereocenters. The van der Waals surface area contributed by atoms with E-state index in [1.165, 1.54) is 26.1 Å². The summed E-state index contributed by atoms with van der Waals surface area (Å²) in [5, 5.41) is 11.1. The second kappa shape index (κ2) is 7.74. The van der Waals surface area contributed by atoms with Gasteiger partial charge in [0, 0.05) is 32.2 Å². The Balaban J connectivity index is 1.99. The van der Waals surface area contributed by atoms with Gasteiger partial charge in [0.25, 0.3) is 0 Å². The summed E-state index contributed by atoms with van der Waals surface area (Å²) in [7, 11) is 0. The summed E-state index contributed by atoms with van der Waals surface area (Å²) in [6.45, 7) is 16.3. The second-order valence-electron chi connectivity index (χ2n) is 7.23. The van der Waals surface area contributed by atoms with Gasteiger partial charge in [0.15, 0.2) is 0 Å². The van der Waals surface area contributed by atoms with E-state index in [4.69, 9.17) is 0 Å². The maximum atomic E-state index is 3.91. The van der Waals surface area contributed by atoms with E-state index in [2.05, 4.69) is 48.5 Å². The number of rotatable bonds is 3. The minimum Gasteiger partial charge on any atom is -0.315 e. The van der Waals surface area contributed by atoms with Gasteiger partial charge < -0.3 is 10.6 Å². The molecule has 0 radical (unpaired) electrons. The topological polar surface area (TPSA) is 39.3 Å². The van der Waals surface area contributed by atoms with Crippen molar-refractivity contribution in [3.8, 4) is 0 Å². The molecule has 20 heavy (non-hydrogen) atoms. The molecule has 2 aliphatic rings. The van der Waals surface area contributed by atoms with Crippen LogP contribution in [-0.4, -0.2) is 56.4 Å². The zero-order valence-corrected chi connectivity index (χ0v) is 13.8. The molecule has 0 saturated carbocycles. The molecular weight excluding hydrogens is 248 g/mol. The molecule has 0 spiro atoms. The van der Waals surface area contributed by atoms with Crippen LogP contribution >= 0.6 is 0 Å². The molecule has 0 aromatic rings. The van der Waals surface area contributed by atoms with E-state index >= 15 is 0 Å². The van der Waals surface area contributed by atoms with Crippen LogP contribution in [0.25, 0.3) is 0 Å². The van der Waals surface area contributed by atoms with Crippen molar-refractivity contribution in [2.45, 2.75) is 46.3 Å². The SMILES string of the molecule is CC(C)C1CNCCN(C2CCNCC(C(C)C)N2)C1. The van der Waals surface area contributed by atoms with Gasteiger partial charge in [-0.25, -0.2) is 0 Å². The maximum Gasteiger partial charge on any atom is 0.0612 e. The van der Waals surface area contributed by atoms with Crippen molar-refractivity contribution in [1.82, 2.24) is 20.9 Å².